The summed E-state index contributed by atoms with van der Waals surface area (Å²) in [4.78, 5) is 0. The summed E-state index contributed by atoms with van der Waals surface area (Å²) in [6, 6.07) is 12.3. The van der Waals surface area contributed by atoms with Crippen molar-refractivity contribution in [3.63, 3.8) is 0 Å². The third-order valence-corrected chi connectivity index (χ3v) is 3.91. The van der Waals surface area contributed by atoms with Gasteiger partial charge in [0.05, 0.1) is 0 Å². The van der Waals surface area contributed by atoms with E-state index in [1.54, 1.807) is 18.2 Å². The minimum absolute atomic E-state index is 0.0439. The van der Waals surface area contributed by atoms with E-state index < -0.39 is 6.61 Å². The molecule has 0 atom stereocenters. The molecule has 0 N–H and O–H groups in total. The van der Waals surface area contributed by atoms with Gasteiger partial charge in [0.15, 0.2) is 0 Å². The van der Waals surface area contributed by atoms with E-state index in [4.69, 9.17) is 4.42 Å². The molecule has 0 aliphatic rings. The zero-order valence-corrected chi connectivity index (χ0v) is 13.0. The lowest BCUT2D eigenvalue weighted by molar-refractivity contribution is -0.0498. The van der Waals surface area contributed by atoms with Gasteiger partial charge < -0.3 is 9.15 Å². The van der Waals surface area contributed by atoms with Crippen LogP contribution in [0.1, 0.15) is 5.56 Å². The van der Waals surface area contributed by atoms with E-state index in [9.17, 15) is 13.2 Å². The number of rotatable bonds is 6. The monoisotopic (exact) mass is 352 g/mol. The first-order chi connectivity index (χ1) is 11.6. The van der Waals surface area contributed by atoms with Gasteiger partial charge in [-0.2, -0.15) is 8.78 Å². The Morgan fingerprint density at radius 1 is 1.04 bits per heavy atom. The lowest BCUT2D eigenvalue weighted by Gasteiger charge is -2.03. The van der Waals surface area contributed by atoms with Crippen LogP contribution in [0.25, 0.3) is 11.5 Å². The SMILES string of the molecule is Fc1ccccc1CSc1nnc(-c2ccc(OC(F)F)cc2)o1. The zero-order valence-electron chi connectivity index (χ0n) is 12.2. The number of hydrogen-bond acceptors (Lipinski definition) is 5. The van der Waals surface area contributed by atoms with E-state index in [0.717, 1.165) is 0 Å². The Morgan fingerprint density at radius 2 is 1.79 bits per heavy atom. The average molecular weight is 352 g/mol. The van der Waals surface area contributed by atoms with Crippen molar-refractivity contribution in [2.75, 3.05) is 0 Å². The van der Waals surface area contributed by atoms with E-state index in [1.807, 2.05) is 0 Å². The van der Waals surface area contributed by atoms with Crippen molar-refractivity contribution in [3.8, 4) is 17.2 Å². The van der Waals surface area contributed by atoms with Gasteiger partial charge in [0.2, 0.25) is 5.89 Å². The van der Waals surface area contributed by atoms with Crippen molar-refractivity contribution < 1.29 is 22.3 Å². The molecule has 0 bridgehead atoms. The molecule has 24 heavy (non-hydrogen) atoms. The Kier molecular flexibility index (Phi) is 5.05. The van der Waals surface area contributed by atoms with Gasteiger partial charge in [-0.15, -0.1) is 10.2 Å². The Morgan fingerprint density at radius 3 is 2.50 bits per heavy atom. The second-order valence-electron chi connectivity index (χ2n) is 4.66. The fourth-order valence-electron chi connectivity index (χ4n) is 1.92. The van der Waals surface area contributed by atoms with E-state index >= 15 is 0 Å². The molecule has 0 aliphatic heterocycles. The average Bonchev–Trinajstić information content (AvgIpc) is 3.03. The molecule has 0 saturated heterocycles. The number of thioether (sulfide) groups is 1. The van der Waals surface area contributed by atoms with Crippen LogP contribution in [0.2, 0.25) is 0 Å². The second-order valence-corrected chi connectivity index (χ2v) is 5.58. The largest absolute Gasteiger partial charge is 0.435 e. The second kappa shape index (κ2) is 7.39. The van der Waals surface area contributed by atoms with Crippen molar-refractivity contribution in [3.05, 3.63) is 59.9 Å². The molecule has 3 rings (SSSR count). The van der Waals surface area contributed by atoms with Gasteiger partial charge in [-0.3, -0.25) is 0 Å². The lowest BCUT2D eigenvalue weighted by Crippen LogP contribution is -2.01. The molecule has 1 heterocycles. The fourth-order valence-corrected chi connectivity index (χ4v) is 2.67. The number of benzene rings is 2. The highest BCUT2D eigenvalue weighted by Crippen LogP contribution is 2.27. The maximum absolute atomic E-state index is 13.5. The van der Waals surface area contributed by atoms with Gasteiger partial charge in [-0.05, 0) is 35.9 Å². The Balaban J connectivity index is 1.66. The van der Waals surface area contributed by atoms with Gasteiger partial charge in [0.25, 0.3) is 5.22 Å². The van der Waals surface area contributed by atoms with Crippen LogP contribution in [0, 0.1) is 5.82 Å². The Hall–Kier alpha value is -2.48. The molecular formula is C16H11F3N2O2S. The van der Waals surface area contributed by atoms with Crippen molar-refractivity contribution in [2.24, 2.45) is 0 Å². The lowest BCUT2D eigenvalue weighted by atomic mass is 10.2. The van der Waals surface area contributed by atoms with Crippen LogP contribution in [0.5, 0.6) is 5.75 Å². The van der Waals surface area contributed by atoms with Crippen molar-refractivity contribution in [1.82, 2.24) is 10.2 Å². The molecule has 0 unspecified atom stereocenters. The summed E-state index contributed by atoms with van der Waals surface area (Å²) in [5.41, 5.74) is 1.11. The molecule has 4 nitrogen and oxygen atoms in total. The summed E-state index contributed by atoms with van der Waals surface area (Å²) in [6.45, 7) is -2.87. The van der Waals surface area contributed by atoms with E-state index in [1.165, 1.54) is 42.1 Å². The quantitative estimate of drug-likeness (QED) is 0.598. The molecule has 0 amide bonds. The van der Waals surface area contributed by atoms with Crippen LogP contribution < -0.4 is 4.74 Å². The maximum Gasteiger partial charge on any atom is 0.387 e. The van der Waals surface area contributed by atoms with Crippen LogP contribution in [-0.4, -0.2) is 16.8 Å². The molecule has 0 spiro atoms. The molecular weight excluding hydrogens is 341 g/mol. The number of hydrogen-bond donors (Lipinski definition) is 0. The number of halogens is 3. The van der Waals surface area contributed by atoms with Crippen molar-refractivity contribution in [2.45, 2.75) is 17.6 Å². The zero-order chi connectivity index (χ0) is 16.9. The smallest absolute Gasteiger partial charge is 0.387 e. The molecule has 2 aromatic carbocycles. The first kappa shape index (κ1) is 16.4. The highest BCUT2D eigenvalue weighted by molar-refractivity contribution is 7.98. The van der Waals surface area contributed by atoms with Gasteiger partial charge >= 0.3 is 6.61 Å². The number of aromatic nitrogens is 2. The molecule has 0 fully saturated rings. The normalized spacial score (nSPS) is 11.0. The van der Waals surface area contributed by atoms with Gasteiger partial charge in [-0.1, -0.05) is 30.0 Å². The summed E-state index contributed by atoms with van der Waals surface area (Å²) in [5.74, 6) is 0.353. The first-order valence-corrected chi connectivity index (χ1v) is 7.85. The predicted molar refractivity (Wildman–Crippen MR) is 82.3 cm³/mol. The fraction of sp³-hybridized carbons (Fsp3) is 0.125. The number of ether oxygens (including phenoxy) is 1. The van der Waals surface area contributed by atoms with Crippen LogP contribution >= 0.6 is 11.8 Å². The van der Waals surface area contributed by atoms with Crippen LogP contribution in [0.15, 0.2) is 58.2 Å². The summed E-state index contributed by atoms with van der Waals surface area (Å²) in [6.07, 6.45) is 0. The van der Waals surface area contributed by atoms with E-state index in [0.29, 0.717) is 22.1 Å². The first-order valence-electron chi connectivity index (χ1n) is 6.87. The highest BCUT2D eigenvalue weighted by Gasteiger charge is 2.11. The molecule has 8 heteroatoms. The summed E-state index contributed by atoms with van der Waals surface area (Å²) in [7, 11) is 0. The molecule has 1 aromatic heterocycles. The third kappa shape index (κ3) is 4.08. The number of alkyl halides is 2. The van der Waals surface area contributed by atoms with Gasteiger partial charge in [0, 0.05) is 11.3 Å². The minimum atomic E-state index is -2.87. The van der Waals surface area contributed by atoms with Crippen LogP contribution in [0.3, 0.4) is 0 Å². The standard InChI is InChI=1S/C16H11F3N2O2S/c17-13-4-2-1-3-11(13)9-24-16-21-20-14(23-16)10-5-7-12(8-6-10)22-15(18)19/h1-8,15H,9H2. The molecule has 0 aliphatic carbocycles. The van der Waals surface area contributed by atoms with E-state index in [-0.39, 0.29) is 17.5 Å². The molecule has 0 saturated carbocycles. The summed E-state index contributed by atoms with van der Waals surface area (Å²) < 4.78 is 47.5. The summed E-state index contributed by atoms with van der Waals surface area (Å²) in [5, 5.41) is 8.06. The van der Waals surface area contributed by atoms with Crippen LogP contribution in [0.4, 0.5) is 13.2 Å². The minimum Gasteiger partial charge on any atom is -0.435 e. The molecule has 3 aromatic rings. The van der Waals surface area contributed by atoms with E-state index in [2.05, 4.69) is 14.9 Å². The Bertz CT molecular complexity index is 809. The van der Waals surface area contributed by atoms with Gasteiger partial charge in [0.1, 0.15) is 11.6 Å². The van der Waals surface area contributed by atoms with Crippen molar-refractivity contribution in [1.29, 1.82) is 0 Å². The van der Waals surface area contributed by atoms with Crippen molar-refractivity contribution >= 4 is 11.8 Å². The molecule has 124 valence electrons. The van der Waals surface area contributed by atoms with Gasteiger partial charge in [-0.25, -0.2) is 4.39 Å². The number of nitrogens with zero attached hydrogens (tertiary/aromatic N) is 2. The maximum atomic E-state index is 13.5. The highest BCUT2D eigenvalue weighted by atomic mass is 32.2. The third-order valence-electron chi connectivity index (χ3n) is 3.04. The summed E-state index contributed by atoms with van der Waals surface area (Å²) >= 11 is 1.21. The predicted octanol–water partition coefficient (Wildman–Crippen LogP) is 4.77. The Labute approximate surface area is 139 Å². The topological polar surface area (TPSA) is 48.2 Å². The molecule has 0 radical (unpaired) electrons. The van der Waals surface area contributed by atoms with Crippen LogP contribution in [-0.2, 0) is 5.75 Å².